The lowest BCUT2D eigenvalue weighted by Crippen LogP contribution is -2.41. The van der Waals surface area contributed by atoms with Crippen molar-refractivity contribution < 1.29 is 13.8 Å². The van der Waals surface area contributed by atoms with E-state index in [4.69, 9.17) is 5.14 Å². The molecule has 3 heterocycles. The third-order valence-electron chi connectivity index (χ3n) is 4.94. The summed E-state index contributed by atoms with van der Waals surface area (Å²) in [6.07, 6.45) is 3.21. The Kier molecular flexibility index (Phi) is 6.87. The molecule has 0 aliphatic carbocycles. The molecule has 0 aliphatic heterocycles. The van der Waals surface area contributed by atoms with Crippen molar-refractivity contribution in [2.75, 3.05) is 12.3 Å². The summed E-state index contributed by atoms with van der Waals surface area (Å²) in [6, 6.07) is 3.44. The zero-order valence-electron chi connectivity index (χ0n) is 17.8. The van der Waals surface area contributed by atoms with Crippen molar-refractivity contribution in [1.29, 1.82) is 0 Å². The molecule has 0 saturated heterocycles. The summed E-state index contributed by atoms with van der Waals surface area (Å²) in [6.45, 7) is 8.38. The van der Waals surface area contributed by atoms with Crippen LogP contribution in [-0.2, 0) is 11.0 Å². The van der Waals surface area contributed by atoms with Gasteiger partial charge in [-0.15, -0.1) is 11.3 Å². The van der Waals surface area contributed by atoms with Crippen molar-refractivity contribution in [3.63, 3.8) is 0 Å². The molecule has 9 nitrogen and oxygen atoms in total. The smallest absolute Gasteiger partial charge is 0.261 e. The number of nitrogens with one attached hydrogen (secondary N) is 3. The van der Waals surface area contributed by atoms with E-state index < -0.39 is 11.0 Å². The molecule has 0 fully saturated rings. The predicted molar refractivity (Wildman–Crippen MR) is 123 cm³/mol. The van der Waals surface area contributed by atoms with Gasteiger partial charge in [0.1, 0.15) is 5.52 Å². The number of H-pyrrole nitrogens is 1. The molecule has 0 aromatic carbocycles. The molecule has 11 heteroatoms. The maximum atomic E-state index is 12.8. The fraction of sp³-hybridized carbons (Fsp3) is 0.400. The van der Waals surface area contributed by atoms with E-state index >= 15 is 0 Å². The van der Waals surface area contributed by atoms with Gasteiger partial charge in [0, 0.05) is 18.8 Å². The minimum absolute atomic E-state index is 0.0313. The molecule has 0 saturated carbocycles. The molecule has 31 heavy (non-hydrogen) atoms. The van der Waals surface area contributed by atoms with Gasteiger partial charge in [-0.3, -0.25) is 14.7 Å². The third-order valence-corrected chi connectivity index (χ3v) is 6.66. The first kappa shape index (κ1) is 23.0. The minimum Gasteiger partial charge on any atom is -0.350 e. The van der Waals surface area contributed by atoms with Crippen LogP contribution in [0.3, 0.4) is 0 Å². The summed E-state index contributed by atoms with van der Waals surface area (Å²) < 4.78 is 10.9. The molecule has 2 amide bonds. The molecule has 0 spiro atoms. The summed E-state index contributed by atoms with van der Waals surface area (Å²) in [5.74, 6) is -0.296. The van der Waals surface area contributed by atoms with E-state index in [9.17, 15) is 13.8 Å². The molecule has 0 radical (unpaired) electrons. The average Bonchev–Trinajstić information content (AvgIpc) is 3.33. The number of amides is 2. The first-order valence-corrected chi connectivity index (χ1v) is 11.9. The zero-order valence-corrected chi connectivity index (χ0v) is 19.4. The zero-order chi connectivity index (χ0) is 22.8. The number of nitrogens with zero attached hydrogens (tertiary/aromatic N) is 2. The second-order valence-corrected chi connectivity index (χ2v) is 10.5. The minimum atomic E-state index is -1.45. The maximum absolute atomic E-state index is 12.8. The molecule has 3 rings (SSSR count). The Morgan fingerprint density at radius 3 is 2.71 bits per heavy atom. The highest BCUT2D eigenvalue weighted by Gasteiger charge is 2.24. The van der Waals surface area contributed by atoms with Crippen LogP contribution >= 0.6 is 11.3 Å². The van der Waals surface area contributed by atoms with Crippen LogP contribution in [0.25, 0.3) is 21.7 Å². The van der Waals surface area contributed by atoms with Gasteiger partial charge in [-0.2, -0.15) is 0 Å². The fourth-order valence-electron chi connectivity index (χ4n) is 2.62. The van der Waals surface area contributed by atoms with Crippen LogP contribution in [0.2, 0.25) is 0 Å². The number of thiophene rings is 1. The number of nitrogens with two attached hydrogens (primary N) is 1. The summed E-state index contributed by atoms with van der Waals surface area (Å²) in [7, 11) is -1.45. The average molecular weight is 463 g/mol. The fourth-order valence-corrected chi connectivity index (χ4v) is 3.80. The van der Waals surface area contributed by atoms with Crippen LogP contribution in [0.4, 0.5) is 0 Å². The molecule has 3 aromatic rings. The predicted octanol–water partition coefficient (Wildman–Crippen LogP) is 2.20. The van der Waals surface area contributed by atoms with Crippen LogP contribution < -0.4 is 15.8 Å². The summed E-state index contributed by atoms with van der Waals surface area (Å²) in [4.78, 5) is 38.2. The van der Waals surface area contributed by atoms with E-state index in [2.05, 4.69) is 46.4 Å². The molecule has 166 valence electrons. The summed E-state index contributed by atoms with van der Waals surface area (Å²) >= 11 is 1.26. The van der Waals surface area contributed by atoms with Crippen molar-refractivity contribution in [2.45, 2.75) is 33.7 Å². The Balaban J connectivity index is 1.81. The van der Waals surface area contributed by atoms with E-state index in [0.29, 0.717) is 27.3 Å². The van der Waals surface area contributed by atoms with Gasteiger partial charge in [0.15, 0.2) is 5.65 Å². The van der Waals surface area contributed by atoms with Crippen LogP contribution in [-0.4, -0.2) is 49.3 Å². The van der Waals surface area contributed by atoms with Gasteiger partial charge in [-0.1, -0.05) is 20.8 Å². The first-order chi connectivity index (χ1) is 14.6. The number of rotatable bonds is 7. The summed E-state index contributed by atoms with van der Waals surface area (Å²) in [5, 5.41) is 10.9. The standard InChI is InChI=1S/C20H26N6O3S2/c1-11(20(2,3)4)25-18(27)12-9-23-17-16(12)26-13(10-24-17)14-5-6-15(30-14)19(28)22-7-8-31(21)29/h5-6,9-11H,7-8,21H2,1-4H3,(H,22,28)(H,23,24)(H,25,27)/t11-,31?/m0/s1. The largest absolute Gasteiger partial charge is 0.350 e. The monoisotopic (exact) mass is 462 g/mol. The molecule has 0 aliphatic rings. The quantitative estimate of drug-likeness (QED) is 0.426. The van der Waals surface area contributed by atoms with Crippen molar-refractivity contribution in [2.24, 2.45) is 10.6 Å². The highest BCUT2D eigenvalue weighted by Crippen LogP contribution is 2.28. The SMILES string of the molecule is C[C@H](NC(=O)c1c[nH]c2ncc(-c3ccc(C(=O)NCCS(N)=O)s3)nc12)C(C)(C)C. The topological polar surface area (TPSA) is 143 Å². The first-order valence-electron chi connectivity index (χ1n) is 9.72. The van der Waals surface area contributed by atoms with Gasteiger partial charge in [0.25, 0.3) is 11.8 Å². The Bertz CT molecular complexity index is 1130. The lowest BCUT2D eigenvalue weighted by Gasteiger charge is -2.27. The normalized spacial score (nSPS) is 13.7. The molecule has 0 bridgehead atoms. The van der Waals surface area contributed by atoms with Gasteiger partial charge in [-0.25, -0.2) is 14.2 Å². The van der Waals surface area contributed by atoms with Crippen molar-refractivity contribution in [3.8, 4) is 10.6 Å². The Labute approximate surface area is 186 Å². The maximum Gasteiger partial charge on any atom is 0.261 e. The third kappa shape index (κ3) is 5.54. The second-order valence-electron chi connectivity index (χ2n) is 8.22. The molecule has 2 atom stereocenters. The number of aromatic nitrogens is 3. The number of carbonyl (C=O) groups is 2. The van der Waals surface area contributed by atoms with Gasteiger partial charge >= 0.3 is 0 Å². The number of aromatic amines is 1. The van der Waals surface area contributed by atoms with Gasteiger partial charge < -0.3 is 15.6 Å². The highest BCUT2D eigenvalue weighted by molar-refractivity contribution is 7.82. The van der Waals surface area contributed by atoms with Crippen molar-refractivity contribution in [3.05, 3.63) is 35.0 Å². The van der Waals surface area contributed by atoms with E-state index in [-0.39, 0.29) is 35.6 Å². The van der Waals surface area contributed by atoms with E-state index in [1.165, 1.54) is 11.3 Å². The van der Waals surface area contributed by atoms with Crippen LogP contribution in [0.15, 0.2) is 24.5 Å². The van der Waals surface area contributed by atoms with Gasteiger partial charge in [-0.05, 0) is 24.5 Å². The van der Waals surface area contributed by atoms with E-state index in [1.54, 1.807) is 24.5 Å². The van der Waals surface area contributed by atoms with Crippen LogP contribution in [0, 0.1) is 5.41 Å². The van der Waals surface area contributed by atoms with Crippen LogP contribution in [0.5, 0.6) is 0 Å². The Hall–Kier alpha value is -2.63. The molecular formula is C20H26N6O3S2. The number of fused-ring (bicyclic) bond motifs is 1. The number of carbonyl (C=O) groups excluding carboxylic acids is 2. The van der Waals surface area contributed by atoms with E-state index in [1.807, 2.05) is 6.92 Å². The van der Waals surface area contributed by atoms with Crippen LogP contribution in [0.1, 0.15) is 47.7 Å². The molecular weight excluding hydrogens is 436 g/mol. The molecule has 3 aromatic heterocycles. The van der Waals surface area contributed by atoms with Crippen molar-refractivity contribution in [1.82, 2.24) is 25.6 Å². The molecule has 5 N–H and O–H groups in total. The summed E-state index contributed by atoms with van der Waals surface area (Å²) in [5.41, 5.74) is 1.90. The lowest BCUT2D eigenvalue weighted by molar-refractivity contribution is 0.0910. The van der Waals surface area contributed by atoms with Gasteiger partial charge in [0.05, 0.1) is 43.9 Å². The Morgan fingerprint density at radius 1 is 1.29 bits per heavy atom. The lowest BCUT2D eigenvalue weighted by atomic mass is 9.88. The number of hydrogen-bond donors (Lipinski definition) is 4. The van der Waals surface area contributed by atoms with Gasteiger partial charge in [0.2, 0.25) is 0 Å². The molecule has 1 unspecified atom stereocenters. The second kappa shape index (κ2) is 9.25. The number of hydrogen-bond acceptors (Lipinski definition) is 6. The highest BCUT2D eigenvalue weighted by atomic mass is 32.2. The van der Waals surface area contributed by atoms with E-state index in [0.717, 1.165) is 4.88 Å². The Morgan fingerprint density at radius 2 is 2.03 bits per heavy atom. The van der Waals surface area contributed by atoms with Crippen molar-refractivity contribution >= 4 is 45.3 Å².